The molecule has 0 unspecified atom stereocenters. The van der Waals surface area contributed by atoms with E-state index >= 15 is 0 Å². The van der Waals surface area contributed by atoms with E-state index in [1.165, 1.54) is 4.57 Å². The number of hydrogen-bond donors (Lipinski definition) is 2. The van der Waals surface area contributed by atoms with Crippen LogP contribution in [0.2, 0.25) is 0 Å². The molecule has 3 aromatic rings. The molecular weight excluding hydrogens is 410 g/mol. The van der Waals surface area contributed by atoms with E-state index in [4.69, 9.17) is 15.2 Å². The minimum absolute atomic E-state index is 0.0656. The van der Waals surface area contributed by atoms with Gasteiger partial charge >= 0.3 is 12.2 Å². The number of primary amides is 1. The van der Waals surface area contributed by atoms with Crippen LogP contribution in [-0.2, 0) is 27.3 Å². The molecule has 1 aromatic heterocycles. The third-order valence-electron chi connectivity index (χ3n) is 4.66. The van der Waals surface area contributed by atoms with Crippen molar-refractivity contribution >= 4 is 29.0 Å². The predicted molar refractivity (Wildman–Crippen MR) is 120 cm³/mol. The number of hydrogen-bond acceptors (Lipinski definition) is 5. The Morgan fingerprint density at radius 2 is 1.69 bits per heavy atom. The van der Waals surface area contributed by atoms with Crippen LogP contribution >= 0.6 is 0 Å². The Morgan fingerprint density at radius 3 is 2.34 bits per heavy atom. The molecule has 0 aliphatic carbocycles. The predicted octanol–water partition coefficient (Wildman–Crippen LogP) is 3.75. The lowest BCUT2D eigenvalue weighted by atomic mass is 10.0. The van der Waals surface area contributed by atoms with E-state index in [0.717, 1.165) is 10.9 Å². The Labute approximate surface area is 186 Å². The van der Waals surface area contributed by atoms with Crippen molar-refractivity contribution in [3.05, 3.63) is 71.9 Å². The number of nitrogens with zero attached hydrogens (tertiary/aromatic N) is 1. The van der Waals surface area contributed by atoms with Crippen LogP contribution in [0.4, 0.5) is 9.59 Å². The first kappa shape index (κ1) is 22.9. The van der Waals surface area contributed by atoms with Crippen LogP contribution in [0.1, 0.15) is 31.9 Å². The first-order valence-corrected chi connectivity index (χ1v) is 10.2. The highest BCUT2D eigenvalue weighted by Gasteiger charge is 2.24. The van der Waals surface area contributed by atoms with Crippen molar-refractivity contribution in [3.8, 4) is 0 Å². The van der Waals surface area contributed by atoms with Crippen LogP contribution in [0.25, 0.3) is 10.9 Å². The third-order valence-corrected chi connectivity index (χ3v) is 4.66. The summed E-state index contributed by atoms with van der Waals surface area (Å²) in [7, 11) is 0. The molecule has 8 nitrogen and oxygen atoms in total. The molecule has 0 bridgehead atoms. The summed E-state index contributed by atoms with van der Waals surface area (Å²) in [5.74, 6) is -0.712. The number of alkyl carbamates (subject to hydrolysis) is 1. The van der Waals surface area contributed by atoms with Gasteiger partial charge in [0, 0.05) is 18.0 Å². The van der Waals surface area contributed by atoms with Crippen molar-refractivity contribution in [2.24, 2.45) is 5.73 Å². The Balaban J connectivity index is 1.77. The number of benzene rings is 2. The molecule has 2 aromatic carbocycles. The maximum absolute atomic E-state index is 12.7. The summed E-state index contributed by atoms with van der Waals surface area (Å²) in [5, 5.41) is 3.27. The highest BCUT2D eigenvalue weighted by molar-refractivity contribution is 5.93. The molecule has 32 heavy (non-hydrogen) atoms. The van der Waals surface area contributed by atoms with Gasteiger partial charge in [-0.3, -0.25) is 9.36 Å². The van der Waals surface area contributed by atoms with E-state index in [1.54, 1.807) is 39.1 Å². The highest BCUT2D eigenvalue weighted by Crippen LogP contribution is 2.24. The zero-order chi connectivity index (χ0) is 23.3. The number of fused-ring (bicyclic) bond motifs is 1. The van der Waals surface area contributed by atoms with E-state index in [9.17, 15) is 14.4 Å². The van der Waals surface area contributed by atoms with Crippen molar-refractivity contribution < 1.29 is 23.9 Å². The molecule has 0 aliphatic rings. The van der Waals surface area contributed by atoms with Gasteiger partial charge < -0.3 is 20.5 Å². The fraction of sp³-hybridized carbons (Fsp3) is 0.292. The molecule has 2 amide bonds. The summed E-state index contributed by atoms with van der Waals surface area (Å²) in [5.41, 5.74) is 6.98. The van der Waals surface area contributed by atoms with Crippen LogP contribution in [0, 0.1) is 0 Å². The number of nitrogens with two attached hydrogens (primary N) is 1. The zero-order valence-electron chi connectivity index (χ0n) is 18.3. The molecule has 0 saturated carbocycles. The van der Waals surface area contributed by atoms with Gasteiger partial charge in [0.25, 0.3) is 0 Å². The lowest BCUT2D eigenvalue weighted by Gasteiger charge is -2.19. The van der Waals surface area contributed by atoms with Gasteiger partial charge in [0.1, 0.15) is 18.2 Å². The summed E-state index contributed by atoms with van der Waals surface area (Å²) >= 11 is 0. The minimum atomic E-state index is -1.02. The number of carbonyl (C=O) groups is 3. The Hall–Kier alpha value is -3.81. The van der Waals surface area contributed by atoms with Gasteiger partial charge in [0.05, 0.1) is 5.52 Å². The number of amides is 2. The van der Waals surface area contributed by atoms with E-state index in [-0.39, 0.29) is 13.0 Å². The molecule has 8 heteroatoms. The third kappa shape index (κ3) is 5.87. The summed E-state index contributed by atoms with van der Waals surface area (Å²) in [4.78, 5) is 36.9. The van der Waals surface area contributed by atoms with E-state index < -0.39 is 29.7 Å². The molecule has 0 fully saturated rings. The van der Waals surface area contributed by atoms with Gasteiger partial charge in [-0.2, -0.15) is 0 Å². The highest BCUT2D eigenvalue weighted by atomic mass is 16.6. The van der Waals surface area contributed by atoms with Crippen LogP contribution < -0.4 is 11.1 Å². The van der Waals surface area contributed by atoms with E-state index in [2.05, 4.69) is 5.32 Å². The van der Waals surface area contributed by atoms with Crippen molar-refractivity contribution in [2.45, 2.75) is 45.4 Å². The lowest BCUT2D eigenvalue weighted by molar-refractivity contribution is -0.119. The maximum atomic E-state index is 12.7. The topological polar surface area (TPSA) is 113 Å². The average Bonchev–Trinajstić information content (AvgIpc) is 3.10. The van der Waals surface area contributed by atoms with Gasteiger partial charge in [-0.05, 0) is 38.0 Å². The largest absolute Gasteiger partial charge is 0.445 e. The van der Waals surface area contributed by atoms with Crippen molar-refractivity contribution in [1.82, 2.24) is 9.88 Å². The molecule has 1 heterocycles. The first-order chi connectivity index (χ1) is 15.1. The Bertz CT molecular complexity index is 1120. The van der Waals surface area contributed by atoms with Gasteiger partial charge in [0.2, 0.25) is 5.91 Å². The standard InChI is InChI=1S/C24H27N3O5/c1-24(2,3)32-23(30)27-14-17(18-11-7-8-12-20(18)27)13-19(21(25)28)26-22(29)31-15-16-9-5-4-6-10-16/h4-12,14,19H,13,15H2,1-3H3,(H2,25,28)(H,26,29)/t19-/m0/s1. The molecule has 3 N–H and O–H groups in total. The number of aromatic nitrogens is 1. The minimum Gasteiger partial charge on any atom is -0.445 e. The zero-order valence-corrected chi connectivity index (χ0v) is 18.3. The molecule has 0 spiro atoms. The van der Waals surface area contributed by atoms with Crippen LogP contribution in [0.15, 0.2) is 60.8 Å². The molecule has 0 saturated heterocycles. The quantitative estimate of drug-likeness (QED) is 0.610. The summed E-state index contributed by atoms with van der Waals surface area (Å²) in [6, 6.07) is 15.4. The van der Waals surface area contributed by atoms with E-state index in [1.807, 2.05) is 42.5 Å². The molecule has 0 radical (unpaired) electrons. The second-order valence-electron chi connectivity index (χ2n) is 8.39. The monoisotopic (exact) mass is 437 g/mol. The normalized spacial score (nSPS) is 12.2. The van der Waals surface area contributed by atoms with Crippen molar-refractivity contribution in [1.29, 1.82) is 0 Å². The summed E-state index contributed by atoms with van der Waals surface area (Å²) in [6.07, 6.45) is 0.400. The SMILES string of the molecule is CC(C)(C)OC(=O)n1cc(C[C@H](NC(=O)OCc2ccccc2)C(N)=O)c2ccccc21. The lowest BCUT2D eigenvalue weighted by Crippen LogP contribution is -2.46. The van der Waals surface area contributed by atoms with Gasteiger partial charge in [-0.25, -0.2) is 9.59 Å². The fourth-order valence-electron chi connectivity index (χ4n) is 3.22. The van der Waals surface area contributed by atoms with Crippen LogP contribution in [0.5, 0.6) is 0 Å². The summed E-state index contributed by atoms with van der Waals surface area (Å²) < 4.78 is 12.1. The molecule has 3 rings (SSSR count). The Morgan fingerprint density at radius 1 is 1.03 bits per heavy atom. The number of para-hydroxylation sites is 1. The average molecular weight is 437 g/mol. The maximum Gasteiger partial charge on any atom is 0.419 e. The molecular formula is C24H27N3O5. The number of ether oxygens (including phenoxy) is 2. The second-order valence-corrected chi connectivity index (χ2v) is 8.39. The summed E-state index contributed by atoms with van der Waals surface area (Å²) in [6.45, 7) is 5.42. The Kier molecular flexibility index (Phi) is 6.82. The van der Waals surface area contributed by atoms with Crippen LogP contribution in [-0.4, -0.2) is 34.3 Å². The van der Waals surface area contributed by atoms with Crippen LogP contribution in [0.3, 0.4) is 0 Å². The molecule has 1 atom stereocenters. The fourth-order valence-corrected chi connectivity index (χ4v) is 3.22. The second kappa shape index (κ2) is 9.55. The van der Waals surface area contributed by atoms with Gasteiger partial charge in [0.15, 0.2) is 0 Å². The molecule has 0 aliphatic heterocycles. The van der Waals surface area contributed by atoms with Crippen molar-refractivity contribution in [3.63, 3.8) is 0 Å². The van der Waals surface area contributed by atoms with Gasteiger partial charge in [-0.15, -0.1) is 0 Å². The number of carbonyl (C=O) groups excluding carboxylic acids is 3. The van der Waals surface area contributed by atoms with Crippen molar-refractivity contribution in [2.75, 3.05) is 0 Å². The molecule has 168 valence electrons. The van der Waals surface area contributed by atoms with E-state index in [0.29, 0.717) is 11.1 Å². The smallest absolute Gasteiger partial charge is 0.419 e. The van der Waals surface area contributed by atoms with Gasteiger partial charge in [-0.1, -0.05) is 48.5 Å². The number of nitrogens with one attached hydrogen (secondary N) is 1. The number of rotatable bonds is 6. The first-order valence-electron chi connectivity index (χ1n) is 10.2.